The molecule has 0 radical (unpaired) electrons. The zero-order valence-electron chi connectivity index (χ0n) is 15.8. The van der Waals surface area contributed by atoms with Crippen molar-refractivity contribution in [2.75, 3.05) is 27.4 Å². The summed E-state index contributed by atoms with van der Waals surface area (Å²) in [5, 5.41) is 12.3. The predicted octanol–water partition coefficient (Wildman–Crippen LogP) is 2.16. The van der Waals surface area contributed by atoms with Crippen LogP contribution < -0.4 is 5.32 Å². The van der Waals surface area contributed by atoms with Gasteiger partial charge in [0.05, 0.1) is 42.4 Å². The maximum absolute atomic E-state index is 12.8. The minimum absolute atomic E-state index is 0.0906. The number of carbonyl (C=O) groups excluding carboxylic acids is 2. The highest BCUT2D eigenvalue weighted by molar-refractivity contribution is 5.99. The number of nitrogens with one attached hydrogen (secondary N) is 1. The van der Waals surface area contributed by atoms with Gasteiger partial charge in [-0.05, 0) is 31.5 Å². The van der Waals surface area contributed by atoms with Crippen LogP contribution in [-0.2, 0) is 23.8 Å². The van der Waals surface area contributed by atoms with Crippen molar-refractivity contribution < 1.29 is 23.8 Å². The minimum Gasteiger partial charge on any atom is -0.466 e. The quantitative estimate of drug-likeness (QED) is 0.605. The number of nitriles is 1. The second-order valence-electron chi connectivity index (χ2n) is 5.99. The van der Waals surface area contributed by atoms with Gasteiger partial charge in [0.25, 0.3) is 0 Å². The molecule has 0 saturated heterocycles. The Morgan fingerprint density at radius 2 is 1.78 bits per heavy atom. The summed E-state index contributed by atoms with van der Waals surface area (Å²) in [7, 11) is 2.80. The maximum atomic E-state index is 12.8. The van der Waals surface area contributed by atoms with Crippen molar-refractivity contribution in [3.63, 3.8) is 0 Å². The first-order chi connectivity index (χ1) is 12.9. The Labute approximate surface area is 158 Å². The molecular weight excluding hydrogens is 348 g/mol. The highest BCUT2D eigenvalue weighted by Crippen LogP contribution is 2.39. The first kappa shape index (κ1) is 20.2. The summed E-state index contributed by atoms with van der Waals surface area (Å²) in [5.41, 5.74) is 2.82. The molecule has 1 heterocycles. The van der Waals surface area contributed by atoms with Gasteiger partial charge in [-0.25, -0.2) is 9.59 Å². The number of dihydropyridines is 1. The smallest absolute Gasteiger partial charge is 0.336 e. The molecule has 2 rings (SSSR count). The lowest BCUT2D eigenvalue weighted by atomic mass is 9.80. The first-order valence-corrected chi connectivity index (χ1v) is 8.37. The summed E-state index contributed by atoms with van der Waals surface area (Å²) in [6, 6.07) is 8.87. The number of rotatable bonds is 6. The molecule has 1 unspecified atom stereocenters. The van der Waals surface area contributed by atoms with Crippen molar-refractivity contribution in [3.8, 4) is 6.07 Å². The van der Waals surface area contributed by atoms with Crippen molar-refractivity contribution in [1.82, 2.24) is 5.32 Å². The monoisotopic (exact) mass is 370 g/mol. The average Bonchev–Trinajstić information content (AvgIpc) is 2.66. The molecule has 0 fully saturated rings. The summed E-state index contributed by atoms with van der Waals surface area (Å²) in [5.74, 6) is -1.82. The molecule has 1 atom stereocenters. The molecule has 0 saturated carbocycles. The summed E-state index contributed by atoms with van der Waals surface area (Å²) >= 11 is 0. The minimum atomic E-state index is -0.706. The zero-order chi connectivity index (χ0) is 20.0. The van der Waals surface area contributed by atoms with Crippen molar-refractivity contribution in [2.45, 2.75) is 19.8 Å². The van der Waals surface area contributed by atoms with Crippen molar-refractivity contribution in [3.05, 3.63) is 57.9 Å². The average molecular weight is 370 g/mol. The normalized spacial score (nSPS) is 16.5. The molecule has 142 valence electrons. The Kier molecular flexibility index (Phi) is 6.74. The fourth-order valence-electron chi connectivity index (χ4n) is 3.06. The van der Waals surface area contributed by atoms with E-state index in [1.54, 1.807) is 38.1 Å². The lowest BCUT2D eigenvalue weighted by molar-refractivity contribution is -0.140. The molecule has 27 heavy (non-hydrogen) atoms. The Morgan fingerprint density at radius 1 is 1.11 bits per heavy atom. The molecule has 7 heteroatoms. The SMILES string of the molecule is COCCOC(=O)C1=C(C)NC(C)=C(C(=O)OC)C1c1cccc(C#N)c1. The van der Waals surface area contributed by atoms with Crippen LogP contribution in [-0.4, -0.2) is 39.4 Å². The standard InChI is InChI=1S/C20H22N2O5/c1-12-16(19(23)26-4)18(15-7-5-6-14(10-15)11-21)17(13(2)22-12)20(24)27-9-8-25-3/h5-7,10,18,22H,8-9H2,1-4H3. The van der Waals surface area contributed by atoms with Crippen LogP contribution in [0.1, 0.15) is 30.9 Å². The van der Waals surface area contributed by atoms with Crippen molar-refractivity contribution in [2.24, 2.45) is 0 Å². The molecule has 0 amide bonds. The highest BCUT2D eigenvalue weighted by atomic mass is 16.6. The van der Waals surface area contributed by atoms with Crippen LogP contribution >= 0.6 is 0 Å². The number of carbonyl (C=O) groups is 2. The van der Waals surface area contributed by atoms with Gasteiger partial charge >= 0.3 is 11.9 Å². The van der Waals surface area contributed by atoms with Gasteiger partial charge in [-0.1, -0.05) is 12.1 Å². The van der Waals surface area contributed by atoms with Gasteiger partial charge in [0.1, 0.15) is 6.61 Å². The van der Waals surface area contributed by atoms with Crippen LogP contribution in [0.25, 0.3) is 0 Å². The first-order valence-electron chi connectivity index (χ1n) is 8.37. The van der Waals surface area contributed by atoms with Gasteiger partial charge < -0.3 is 19.5 Å². The van der Waals surface area contributed by atoms with Crippen LogP contribution in [0.15, 0.2) is 46.8 Å². The number of hydrogen-bond acceptors (Lipinski definition) is 7. The number of nitrogens with zero attached hydrogens (tertiary/aromatic N) is 1. The topological polar surface area (TPSA) is 97.7 Å². The number of ether oxygens (including phenoxy) is 3. The van der Waals surface area contributed by atoms with Crippen LogP contribution in [0.4, 0.5) is 0 Å². The Morgan fingerprint density at radius 3 is 2.37 bits per heavy atom. The summed E-state index contributed by atoms with van der Waals surface area (Å²) in [4.78, 5) is 25.2. The van der Waals surface area contributed by atoms with E-state index in [1.165, 1.54) is 14.2 Å². The van der Waals surface area contributed by atoms with Crippen LogP contribution in [0.5, 0.6) is 0 Å². The third kappa shape index (κ3) is 4.36. The molecular formula is C20H22N2O5. The number of allylic oxidation sites excluding steroid dienone is 2. The second-order valence-corrected chi connectivity index (χ2v) is 5.99. The van der Waals surface area contributed by atoms with Gasteiger partial charge in [-0.2, -0.15) is 5.26 Å². The van der Waals surface area contributed by atoms with Crippen LogP contribution in [0.3, 0.4) is 0 Å². The molecule has 0 spiro atoms. The lowest BCUT2D eigenvalue weighted by Crippen LogP contribution is -2.32. The van der Waals surface area contributed by atoms with Crippen molar-refractivity contribution in [1.29, 1.82) is 5.26 Å². The lowest BCUT2D eigenvalue weighted by Gasteiger charge is -2.30. The molecule has 1 N–H and O–H groups in total. The number of esters is 2. The molecule has 1 aliphatic heterocycles. The highest BCUT2D eigenvalue weighted by Gasteiger charge is 2.37. The third-order valence-corrected chi connectivity index (χ3v) is 4.26. The summed E-state index contributed by atoms with van der Waals surface area (Å²) in [6.45, 7) is 3.84. The van der Waals surface area contributed by atoms with E-state index in [9.17, 15) is 14.9 Å². The van der Waals surface area contributed by atoms with E-state index in [2.05, 4.69) is 11.4 Å². The summed E-state index contributed by atoms with van der Waals surface area (Å²) in [6.07, 6.45) is 0. The Bertz CT molecular complexity index is 848. The van der Waals surface area contributed by atoms with E-state index in [0.29, 0.717) is 33.7 Å². The predicted molar refractivity (Wildman–Crippen MR) is 97.3 cm³/mol. The summed E-state index contributed by atoms with van der Waals surface area (Å²) < 4.78 is 15.1. The van der Waals surface area contributed by atoms with Crippen LogP contribution in [0, 0.1) is 11.3 Å². The largest absolute Gasteiger partial charge is 0.466 e. The van der Waals surface area contributed by atoms with E-state index in [-0.39, 0.29) is 13.2 Å². The van der Waals surface area contributed by atoms with E-state index in [0.717, 1.165) is 0 Å². The van der Waals surface area contributed by atoms with E-state index in [4.69, 9.17) is 14.2 Å². The van der Waals surface area contributed by atoms with Gasteiger partial charge in [-0.3, -0.25) is 0 Å². The number of methoxy groups -OCH3 is 2. The van der Waals surface area contributed by atoms with E-state index < -0.39 is 17.9 Å². The molecule has 0 bridgehead atoms. The van der Waals surface area contributed by atoms with Gasteiger partial charge in [0.15, 0.2) is 0 Å². The van der Waals surface area contributed by atoms with E-state index >= 15 is 0 Å². The molecule has 0 aromatic heterocycles. The van der Waals surface area contributed by atoms with Gasteiger partial charge in [-0.15, -0.1) is 0 Å². The molecule has 0 aliphatic carbocycles. The van der Waals surface area contributed by atoms with Gasteiger partial charge in [0, 0.05) is 18.5 Å². The maximum Gasteiger partial charge on any atom is 0.336 e. The zero-order valence-corrected chi connectivity index (χ0v) is 15.8. The van der Waals surface area contributed by atoms with Gasteiger partial charge in [0.2, 0.25) is 0 Å². The van der Waals surface area contributed by atoms with Crippen molar-refractivity contribution >= 4 is 11.9 Å². The molecule has 1 aromatic carbocycles. The fraction of sp³-hybridized carbons (Fsp3) is 0.350. The molecule has 1 aromatic rings. The molecule has 1 aliphatic rings. The fourth-order valence-corrected chi connectivity index (χ4v) is 3.06. The molecule has 7 nitrogen and oxygen atoms in total. The Balaban J connectivity index is 2.58. The Hall–Kier alpha value is -3.11. The number of benzene rings is 1. The van der Waals surface area contributed by atoms with E-state index in [1.807, 2.05) is 0 Å². The van der Waals surface area contributed by atoms with Crippen LogP contribution in [0.2, 0.25) is 0 Å². The second kappa shape index (κ2) is 9.01. The number of hydrogen-bond donors (Lipinski definition) is 1. The third-order valence-electron chi connectivity index (χ3n) is 4.26.